The first-order valence-electron chi connectivity index (χ1n) is 18.6. The number of carbonyl (C=O) groups excluding carboxylic acids is 8. The lowest BCUT2D eigenvalue weighted by molar-refractivity contribution is -0.136. The SMILES string of the molecule is CCCCc1ccc(-c2ccc(C(=O)N[C@H](CCO)C(=O)N[C@H](N)C(=O)NCC(=O)N[C@H](C(=O)N[C@@H](N)C(=O)N[C@@H](CC(N)=O)C(=O)NCB(O)O)C(C)O)cc2)cc1. The smallest absolute Gasteiger partial charge is 0.426 e. The van der Waals surface area contributed by atoms with E-state index >= 15 is 0 Å². The van der Waals surface area contributed by atoms with E-state index in [4.69, 9.17) is 27.2 Å². The number of rotatable bonds is 24. The molecule has 322 valence electrons. The number of carbonyl (C=O) groups is 8. The predicted octanol–water partition coefficient (Wildman–Crippen LogP) is -5.55. The first-order chi connectivity index (χ1) is 27.9. The zero-order chi connectivity index (χ0) is 44.2. The Kier molecular flexibility index (Phi) is 20.6. The van der Waals surface area contributed by atoms with E-state index in [1.54, 1.807) is 24.3 Å². The Hall–Kier alpha value is -5.98. The number of benzene rings is 2. The van der Waals surface area contributed by atoms with Crippen LogP contribution in [0.15, 0.2) is 48.5 Å². The van der Waals surface area contributed by atoms with E-state index in [-0.39, 0.29) is 12.0 Å². The third kappa shape index (κ3) is 17.2. The van der Waals surface area contributed by atoms with E-state index in [1.807, 2.05) is 22.8 Å². The first-order valence-corrected chi connectivity index (χ1v) is 18.6. The second-order valence-electron chi connectivity index (χ2n) is 13.3. The topological polar surface area (TPSA) is 380 Å². The van der Waals surface area contributed by atoms with Crippen molar-refractivity contribution >= 4 is 54.4 Å². The van der Waals surface area contributed by atoms with Crippen molar-refractivity contribution in [1.82, 2.24) is 37.2 Å². The van der Waals surface area contributed by atoms with Crippen LogP contribution < -0.4 is 54.4 Å². The fourth-order valence-corrected chi connectivity index (χ4v) is 5.22. The molecule has 8 amide bonds. The van der Waals surface area contributed by atoms with Gasteiger partial charge < -0.3 is 74.7 Å². The van der Waals surface area contributed by atoms with E-state index in [1.165, 1.54) is 5.56 Å². The van der Waals surface area contributed by atoms with Gasteiger partial charge in [0.2, 0.25) is 29.5 Å². The Bertz CT molecular complexity index is 1770. The zero-order valence-electron chi connectivity index (χ0n) is 32.6. The summed E-state index contributed by atoms with van der Waals surface area (Å²) in [5.41, 5.74) is 19.9. The van der Waals surface area contributed by atoms with Crippen LogP contribution in [0.5, 0.6) is 0 Å². The molecular formula is C36H53BN10O12. The molecule has 0 aromatic heterocycles. The molecule has 17 N–H and O–H groups in total. The number of hydrogen-bond acceptors (Lipinski definition) is 14. The Morgan fingerprint density at radius 2 is 1.29 bits per heavy atom. The highest BCUT2D eigenvalue weighted by Crippen LogP contribution is 2.21. The van der Waals surface area contributed by atoms with Crippen molar-refractivity contribution in [2.75, 3.05) is 19.6 Å². The van der Waals surface area contributed by atoms with Crippen molar-refractivity contribution in [2.24, 2.45) is 17.2 Å². The van der Waals surface area contributed by atoms with Crippen molar-refractivity contribution in [1.29, 1.82) is 0 Å². The minimum Gasteiger partial charge on any atom is -0.426 e. The van der Waals surface area contributed by atoms with Gasteiger partial charge in [-0.05, 0) is 55.0 Å². The zero-order valence-corrected chi connectivity index (χ0v) is 32.6. The third-order valence-electron chi connectivity index (χ3n) is 8.46. The molecule has 0 aliphatic heterocycles. The van der Waals surface area contributed by atoms with Gasteiger partial charge in [0.15, 0.2) is 12.3 Å². The summed E-state index contributed by atoms with van der Waals surface area (Å²) < 4.78 is 0. The summed E-state index contributed by atoms with van der Waals surface area (Å²) in [7, 11) is -1.94. The molecule has 0 aliphatic carbocycles. The minimum absolute atomic E-state index is 0.224. The number of amides is 8. The Balaban J connectivity index is 1.92. The highest BCUT2D eigenvalue weighted by Gasteiger charge is 2.31. The van der Waals surface area contributed by atoms with Gasteiger partial charge in [0.1, 0.15) is 18.1 Å². The predicted molar refractivity (Wildman–Crippen MR) is 211 cm³/mol. The van der Waals surface area contributed by atoms with Crippen LogP contribution in [0.2, 0.25) is 0 Å². The normalized spacial score (nSPS) is 13.8. The molecule has 22 nitrogen and oxygen atoms in total. The van der Waals surface area contributed by atoms with Gasteiger partial charge in [-0.3, -0.25) is 38.4 Å². The van der Waals surface area contributed by atoms with Crippen LogP contribution in [0.3, 0.4) is 0 Å². The minimum atomic E-state index is -1.94. The Morgan fingerprint density at radius 1 is 0.712 bits per heavy atom. The maximum absolute atomic E-state index is 13.0. The van der Waals surface area contributed by atoms with Gasteiger partial charge in [-0.15, -0.1) is 0 Å². The molecule has 0 radical (unpaired) electrons. The van der Waals surface area contributed by atoms with Crippen LogP contribution in [0.1, 0.15) is 55.5 Å². The Labute approximate surface area is 339 Å². The quantitative estimate of drug-likeness (QED) is 0.0347. The second-order valence-corrected chi connectivity index (χ2v) is 13.3. The average Bonchev–Trinajstić information content (AvgIpc) is 3.19. The van der Waals surface area contributed by atoms with Crippen LogP contribution >= 0.6 is 0 Å². The van der Waals surface area contributed by atoms with Crippen molar-refractivity contribution in [2.45, 2.75) is 82.5 Å². The van der Waals surface area contributed by atoms with Gasteiger partial charge in [0.25, 0.3) is 17.7 Å². The standard InChI is InChI=1S/C36H53BN10O12/c1-3-4-5-20-6-8-21(9-7-20)22-10-12-23(13-11-22)31(52)43-24(14-15-48)33(54)46-29(39)35(56)41-17-27(51)45-28(19(2)49)34(55)47-30(40)36(57)44-25(16-26(38)50)32(53)42-18-37(58)59/h6-13,19,24-25,28-30,48-49,58-59H,3-5,14-18,39-40H2,1-2H3,(H2,38,50)(H,41,56)(H,42,53)(H,43,52)(H,44,57)(H,45,51)(H,46,54)(H,47,55)/t19?,24-,25+,28+,29+,30-/m1/s1. The van der Waals surface area contributed by atoms with Crippen molar-refractivity contribution in [3.05, 3.63) is 59.7 Å². The van der Waals surface area contributed by atoms with Gasteiger partial charge in [0.05, 0.1) is 25.5 Å². The highest BCUT2D eigenvalue weighted by atomic mass is 16.4. The van der Waals surface area contributed by atoms with Gasteiger partial charge in [-0.1, -0.05) is 49.7 Å². The lowest BCUT2D eigenvalue weighted by Gasteiger charge is -2.24. The molecule has 6 atom stereocenters. The molecule has 0 spiro atoms. The number of aryl methyl sites for hydroxylation is 1. The lowest BCUT2D eigenvalue weighted by atomic mass is 9.92. The number of nitrogens with two attached hydrogens (primary N) is 3. The fraction of sp³-hybridized carbons (Fsp3) is 0.444. The maximum atomic E-state index is 13.0. The molecule has 2 aromatic carbocycles. The molecule has 23 heteroatoms. The van der Waals surface area contributed by atoms with Gasteiger partial charge in [-0.2, -0.15) is 0 Å². The molecule has 2 aromatic rings. The summed E-state index contributed by atoms with van der Waals surface area (Å²) in [5.74, 6) is -8.13. The van der Waals surface area contributed by atoms with Gasteiger partial charge >= 0.3 is 7.12 Å². The molecule has 59 heavy (non-hydrogen) atoms. The average molecular weight is 829 g/mol. The van der Waals surface area contributed by atoms with Crippen molar-refractivity contribution < 1.29 is 58.6 Å². The highest BCUT2D eigenvalue weighted by molar-refractivity contribution is 6.41. The summed E-state index contributed by atoms with van der Waals surface area (Å²) in [5, 5.41) is 52.5. The Morgan fingerprint density at radius 3 is 1.83 bits per heavy atom. The van der Waals surface area contributed by atoms with Crippen molar-refractivity contribution in [3.8, 4) is 11.1 Å². The largest absolute Gasteiger partial charge is 0.472 e. The number of unbranched alkanes of at least 4 members (excludes halogenated alkanes) is 1. The van der Waals surface area contributed by atoms with Crippen LogP contribution in [-0.4, -0.2) is 131 Å². The number of aliphatic hydroxyl groups excluding tert-OH is 2. The summed E-state index contributed by atoms with van der Waals surface area (Å²) in [6, 6.07) is 10.1. The van der Waals surface area contributed by atoms with E-state index in [0.717, 1.165) is 37.3 Å². The third-order valence-corrected chi connectivity index (χ3v) is 8.46. The fourth-order valence-electron chi connectivity index (χ4n) is 5.22. The molecule has 0 fully saturated rings. The molecule has 2 rings (SSSR count). The monoisotopic (exact) mass is 828 g/mol. The number of aliphatic hydroxyl groups is 2. The molecule has 0 aliphatic rings. The summed E-state index contributed by atoms with van der Waals surface area (Å²) in [6.07, 6.45) is -3.68. The second kappa shape index (κ2) is 24.7. The lowest BCUT2D eigenvalue weighted by Crippen LogP contribution is -2.62. The first kappa shape index (κ1) is 49.2. The van der Waals surface area contributed by atoms with Gasteiger partial charge in [-0.25, -0.2) is 0 Å². The van der Waals surface area contributed by atoms with E-state index in [0.29, 0.717) is 0 Å². The van der Waals surface area contributed by atoms with Crippen LogP contribution in [0.4, 0.5) is 0 Å². The number of nitrogens with one attached hydrogen (secondary N) is 7. The molecular weight excluding hydrogens is 775 g/mol. The molecule has 0 saturated carbocycles. The summed E-state index contributed by atoms with van der Waals surface area (Å²) in [4.78, 5) is 100. The van der Waals surface area contributed by atoms with Crippen LogP contribution in [0, 0.1) is 0 Å². The molecule has 0 bridgehead atoms. The summed E-state index contributed by atoms with van der Waals surface area (Å²) >= 11 is 0. The van der Waals surface area contributed by atoms with Crippen LogP contribution in [0.25, 0.3) is 11.1 Å². The molecule has 0 heterocycles. The van der Waals surface area contributed by atoms with E-state index in [2.05, 4.69) is 45.6 Å². The van der Waals surface area contributed by atoms with Crippen molar-refractivity contribution in [3.63, 3.8) is 0 Å². The molecule has 0 saturated heterocycles. The number of primary amides is 1. The summed E-state index contributed by atoms with van der Waals surface area (Å²) in [6.45, 7) is 1.90. The van der Waals surface area contributed by atoms with Crippen LogP contribution in [-0.2, 0) is 40.0 Å². The van der Waals surface area contributed by atoms with Gasteiger partial charge in [0, 0.05) is 12.2 Å². The number of hydrogen-bond donors (Lipinski definition) is 14. The van der Waals surface area contributed by atoms with E-state index < -0.39 is 117 Å². The molecule has 1 unspecified atom stereocenters. The maximum Gasteiger partial charge on any atom is 0.472 e. The van der Waals surface area contributed by atoms with E-state index in [9.17, 15) is 48.6 Å².